The highest BCUT2D eigenvalue weighted by atomic mass is 16.6. The molecule has 2 rings (SSSR count). The summed E-state index contributed by atoms with van der Waals surface area (Å²) in [5, 5.41) is 18.7. The first-order valence-corrected chi connectivity index (χ1v) is 6.86. The van der Waals surface area contributed by atoms with E-state index in [-0.39, 0.29) is 6.61 Å². The Labute approximate surface area is 124 Å². The van der Waals surface area contributed by atoms with Crippen LogP contribution in [-0.4, -0.2) is 46.9 Å². The Morgan fingerprint density at radius 2 is 2.10 bits per heavy atom. The maximum Gasteiger partial charge on any atom is 0.492 e. The van der Waals surface area contributed by atoms with Gasteiger partial charge in [-0.15, -0.1) is 0 Å². The fraction of sp³-hybridized carbons (Fsp3) is 0.500. The van der Waals surface area contributed by atoms with E-state index in [1.807, 2.05) is 20.8 Å². The SMILES string of the molecule is CC(C)(C)OC(=O)N1CCOc2c(cccc2B(O)O)C1. The second-order valence-corrected chi connectivity index (χ2v) is 5.96. The summed E-state index contributed by atoms with van der Waals surface area (Å²) >= 11 is 0. The molecule has 2 N–H and O–H groups in total. The van der Waals surface area contributed by atoms with Crippen LogP contribution in [0.4, 0.5) is 4.79 Å². The maximum absolute atomic E-state index is 12.1. The minimum Gasteiger partial charge on any atom is -0.492 e. The van der Waals surface area contributed by atoms with Gasteiger partial charge in [0.05, 0.1) is 13.1 Å². The van der Waals surface area contributed by atoms with Gasteiger partial charge >= 0.3 is 13.2 Å². The summed E-state index contributed by atoms with van der Waals surface area (Å²) in [6, 6.07) is 5.09. The highest BCUT2D eigenvalue weighted by molar-refractivity contribution is 6.59. The topological polar surface area (TPSA) is 79.2 Å². The molecule has 0 saturated carbocycles. The van der Waals surface area contributed by atoms with Gasteiger partial charge in [-0.3, -0.25) is 0 Å². The molecule has 0 radical (unpaired) electrons. The molecule has 0 unspecified atom stereocenters. The molecule has 1 heterocycles. The summed E-state index contributed by atoms with van der Waals surface area (Å²) in [6.07, 6.45) is -0.408. The van der Waals surface area contributed by atoms with E-state index in [0.717, 1.165) is 5.56 Å². The average Bonchev–Trinajstić information content (AvgIpc) is 2.57. The normalized spacial score (nSPS) is 14.8. The van der Waals surface area contributed by atoms with E-state index in [1.54, 1.807) is 23.1 Å². The van der Waals surface area contributed by atoms with Crippen molar-refractivity contribution in [1.29, 1.82) is 0 Å². The molecule has 1 aliphatic heterocycles. The number of rotatable bonds is 1. The highest BCUT2D eigenvalue weighted by Crippen LogP contribution is 2.22. The number of hydrogen-bond acceptors (Lipinski definition) is 5. The quantitative estimate of drug-likeness (QED) is 0.737. The number of para-hydroxylation sites is 1. The first kappa shape index (κ1) is 15.7. The smallest absolute Gasteiger partial charge is 0.492 e. The molecule has 1 aliphatic rings. The fourth-order valence-corrected chi connectivity index (χ4v) is 2.13. The second kappa shape index (κ2) is 5.95. The fourth-order valence-electron chi connectivity index (χ4n) is 2.13. The van der Waals surface area contributed by atoms with Crippen LogP contribution < -0.4 is 10.2 Å². The first-order valence-electron chi connectivity index (χ1n) is 6.86. The Bertz CT molecular complexity index is 527. The van der Waals surface area contributed by atoms with Gasteiger partial charge in [0.2, 0.25) is 0 Å². The van der Waals surface area contributed by atoms with Crippen molar-refractivity contribution in [2.75, 3.05) is 13.2 Å². The van der Waals surface area contributed by atoms with Crippen molar-refractivity contribution in [3.63, 3.8) is 0 Å². The Hall–Kier alpha value is -1.73. The van der Waals surface area contributed by atoms with Crippen LogP contribution >= 0.6 is 0 Å². The number of nitrogens with zero attached hydrogens (tertiary/aromatic N) is 1. The van der Waals surface area contributed by atoms with Crippen molar-refractivity contribution in [2.24, 2.45) is 0 Å². The van der Waals surface area contributed by atoms with Crippen LogP contribution in [0.1, 0.15) is 26.3 Å². The van der Waals surface area contributed by atoms with Gasteiger partial charge in [0, 0.05) is 11.0 Å². The Morgan fingerprint density at radius 1 is 1.38 bits per heavy atom. The molecule has 1 aromatic carbocycles. The largest absolute Gasteiger partial charge is 0.492 e. The van der Waals surface area contributed by atoms with E-state index in [9.17, 15) is 14.8 Å². The number of ether oxygens (including phenoxy) is 2. The highest BCUT2D eigenvalue weighted by Gasteiger charge is 2.27. The van der Waals surface area contributed by atoms with E-state index < -0.39 is 18.8 Å². The van der Waals surface area contributed by atoms with Crippen LogP contribution in [-0.2, 0) is 11.3 Å². The van der Waals surface area contributed by atoms with Crippen LogP contribution in [0.3, 0.4) is 0 Å². The molecule has 21 heavy (non-hydrogen) atoms. The molecule has 0 bridgehead atoms. The summed E-state index contributed by atoms with van der Waals surface area (Å²) in [4.78, 5) is 13.7. The van der Waals surface area contributed by atoms with Gasteiger partial charge in [0.25, 0.3) is 0 Å². The molecule has 0 saturated heterocycles. The van der Waals surface area contributed by atoms with E-state index in [2.05, 4.69) is 0 Å². The van der Waals surface area contributed by atoms with E-state index in [4.69, 9.17) is 9.47 Å². The van der Waals surface area contributed by atoms with E-state index in [1.165, 1.54) is 0 Å². The van der Waals surface area contributed by atoms with Gasteiger partial charge in [-0.2, -0.15) is 0 Å². The third kappa shape index (κ3) is 3.89. The zero-order valence-electron chi connectivity index (χ0n) is 12.5. The van der Waals surface area contributed by atoms with Crippen LogP contribution in [0.5, 0.6) is 5.75 Å². The molecule has 0 atom stereocenters. The zero-order chi connectivity index (χ0) is 15.6. The summed E-state index contributed by atoms with van der Waals surface area (Å²) in [7, 11) is -1.60. The van der Waals surface area contributed by atoms with Crippen molar-refractivity contribution in [3.05, 3.63) is 23.8 Å². The summed E-state index contributed by atoms with van der Waals surface area (Å²) in [5.41, 5.74) is 0.471. The summed E-state index contributed by atoms with van der Waals surface area (Å²) in [5.74, 6) is 0.429. The molecular weight excluding hydrogens is 273 g/mol. The molecule has 6 nitrogen and oxygen atoms in total. The Balaban J connectivity index is 2.22. The van der Waals surface area contributed by atoms with E-state index >= 15 is 0 Å². The van der Waals surface area contributed by atoms with Crippen molar-refractivity contribution < 1.29 is 24.3 Å². The maximum atomic E-state index is 12.1. The average molecular weight is 293 g/mol. The predicted octanol–water partition coefficient (Wildman–Crippen LogP) is 0.496. The first-order chi connectivity index (χ1) is 9.78. The molecule has 0 fully saturated rings. The predicted molar refractivity (Wildman–Crippen MR) is 78.4 cm³/mol. The van der Waals surface area contributed by atoms with Gasteiger partial charge < -0.3 is 24.4 Å². The molecule has 7 heteroatoms. The minimum absolute atomic E-state index is 0.274. The minimum atomic E-state index is -1.60. The van der Waals surface area contributed by atoms with Gasteiger partial charge in [-0.25, -0.2) is 4.79 Å². The number of carbonyl (C=O) groups is 1. The third-order valence-electron chi connectivity index (χ3n) is 3.03. The standard InChI is InChI=1S/C14H20BNO5/c1-14(2,3)21-13(17)16-7-8-20-12-10(9-16)5-4-6-11(12)15(18)19/h4-6,18-19H,7-9H2,1-3H3. The Kier molecular flexibility index (Phi) is 4.44. The summed E-state index contributed by atoms with van der Waals surface area (Å²) in [6.45, 7) is 6.40. The van der Waals surface area contributed by atoms with Gasteiger partial charge in [0.15, 0.2) is 0 Å². The lowest BCUT2D eigenvalue weighted by Gasteiger charge is -2.26. The molecule has 0 aromatic heterocycles. The number of amides is 1. The van der Waals surface area contributed by atoms with Crippen LogP contribution in [0.25, 0.3) is 0 Å². The molecule has 1 amide bonds. The van der Waals surface area contributed by atoms with E-state index in [0.29, 0.717) is 24.3 Å². The van der Waals surface area contributed by atoms with Crippen molar-refractivity contribution in [3.8, 4) is 5.75 Å². The number of fused-ring (bicyclic) bond motifs is 1. The van der Waals surface area contributed by atoms with Gasteiger partial charge in [-0.05, 0) is 20.8 Å². The van der Waals surface area contributed by atoms with Crippen molar-refractivity contribution >= 4 is 18.7 Å². The number of benzene rings is 1. The third-order valence-corrected chi connectivity index (χ3v) is 3.03. The lowest BCUT2D eigenvalue weighted by Crippen LogP contribution is -2.37. The Morgan fingerprint density at radius 3 is 2.71 bits per heavy atom. The van der Waals surface area contributed by atoms with Crippen LogP contribution in [0.2, 0.25) is 0 Å². The monoisotopic (exact) mass is 293 g/mol. The van der Waals surface area contributed by atoms with Gasteiger partial charge in [0.1, 0.15) is 18.0 Å². The lowest BCUT2D eigenvalue weighted by molar-refractivity contribution is 0.0225. The van der Waals surface area contributed by atoms with Gasteiger partial charge in [-0.1, -0.05) is 18.2 Å². The van der Waals surface area contributed by atoms with Crippen LogP contribution in [0.15, 0.2) is 18.2 Å². The summed E-state index contributed by atoms with van der Waals surface area (Å²) < 4.78 is 10.9. The molecule has 114 valence electrons. The van der Waals surface area contributed by atoms with Crippen molar-refractivity contribution in [1.82, 2.24) is 4.90 Å². The molecule has 1 aromatic rings. The van der Waals surface area contributed by atoms with Crippen LogP contribution in [0, 0.1) is 0 Å². The lowest BCUT2D eigenvalue weighted by atomic mass is 9.78. The van der Waals surface area contributed by atoms with Crippen molar-refractivity contribution in [2.45, 2.75) is 32.9 Å². The molecular formula is C14H20BNO5. The second-order valence-electron chi connectivity index (χ2n) is 5.96. The molecule has 0 aliphatic carbocycles. The number of carbonyl (C=O) groups excluding carboxylic acids is 1. The number of hydrogen-bond donors (Lipinski definition) is 2. The zero-order valence-corrected chi connectivity index (χ0v) is 12.5. The molecule has 0 spiro atoms.